The average molecular weight is 448 g/mol. The summed E-state index contributed by atoms with van der Waals surface area (Å²) in [6, 6.07) is 17.8. The molecule has 0 aliphatic carbocycles. The van der Waals surface area contributed by atoms with E-state index in [1.165, 1.54) is 23.5 Å². The van der Waals surface area contributed by atoms with Crippen molar-refractivity contribution in [2.45, 2.75) is 6.54 Å². The first-order valence-electron chi connectivity index (χ1n) is 10.5. The number of carbonyl (C=O) groups is 1. The summed E-state index contributed by atoms with van der Waals surface area (Å²) in [5.74, 6) is 0.961. The molecule has 0 atom stereocenters. The number of fused-ring (bicyclic) bond motifs is 1. The van der Waals surface area contributed by atoms with Crippen molar-refractivity contribution in [3.05, 3.63) is 77.2 Å². The van der Waals surface area contributed by atoms with Crippen LogP contribution in [-0.2, 0) is 6.54 Å². The fraction of sp³-hybridized carbons (Fsp3) is 0.208. The summed E-state index contributed by atoms with van der Waals surface area (Å²) in [6.07, 6.45) is 0. The second-order valence-corrected chi connectivity index (χ2v) is 8.87. The summed E-state index contributed by atoms with van der Waals surface area (Å²) in [7, 11) is 0. The van der Waals surface area contributed by atoms with Gasteiger partial charge >= 0.3 is 0 Å². The minimum Gasteiger partial charge on any atom is -0.383 e. The zero-order chi connectivity index (χ0) is 22.1. The van der Waals surface area contributed by atoms with E-state index in [9.17, 15) is 9.18 Å². The molecule has 6 nitrogen and oxygen atoms in total. The predicted molar refractivity (Wildman–Crippen MR) is 125 cm³/mol. The summed E-state index contributed by atoms with van der Waals surface area (Å²) in [6.45, 7) is 3.39. The zero-order valence-electron chi connectivity index (χ0n) is 17.4. The van der Waals surface area contributed by atoms with Gasteiger partial charge in [-0.1, -0.05) is 24.3 Å². The predicted octanol–water partition coefficient (Wildman–Crippen LogP) is 4.04. The van der Waals surface area contributed by atoms with Crippen LogP contribution in [0.1, 0.15) is 15.5 Å². The molecule has 1 fully saturated rings. The van der Waals surface area contributed by atoms with Crippen molar-refractivity contribution in [2.24, 2.45) is 0 Å². The van der Waals surface area contributed by atoms with Crippen molar-refractivity contribution in [1.29, 1.82) is 0 Å². The lowest BCUT2D eigenvalue weighted by Gasteiger charge is -2.34. The van der Waals surface area contributed by atoms with Gasteiger partial charge in [-0.3, -0.25) is 9.69 Å². The number of nitrogens with two attached hydrogens (primary N) is 1. The van der Waals surface area contributed by atoms with Gasteiger partial charge in [0.15, 0.2) is 0 Å². The van der Waals surface area contributed by atoms with Gasteiger partial charge in [-0.25, -0.2) is 14.4 Å². The van der Waals surface area contributed by atoms with Gasteiger partial charge in [0.2, 0.25) is 0 Å². The summed E-state index contributed by atoms with van der Waals surface area (Å²) in [4.78, 5) is 27.8. The third kappa shape index (κ3) is 4.19. The largest absolute Gasteiger partial charge is 0.383 e. The van der Waals surface area contributed by atoms with Gasteiger partial charge in [-0.05, 0) is 42.0 Å². The van der Waals surface area contributed by atoms with E-state index in [2.05, 4.69) is 14.9 Å². The number of halogens is 1. The first-order chi connectivity index (χ1) is 15.6. The van der Waals surface area contributed by atoms with Gasteiger partial charge in [0.05, 0.1) is 16.9 Å². The van der Waals surface area contributed by atoms with Crippen LogP contribution in [0.5, 0.6) is 0 Å². The molecule has 0 radical (unpaired) electrons. The Kier molecular flexibility index (Phi) is 5.55. The maximum atomic E-state index is 13.2. The van der Waals surface area contributed by atoms with Gasteiger partial charge in [-0.2, -0.15) is 0 Å². The highest BCUT2D eigenvalue weighted by molar-refractivity contribution is 7.17. The molecule has 0 unspecified atom stereocenters. The van der Waals surface area contributed by atoms with E-state index in [-0.39, 0.29) is 11.7 Å². The zero-order valence-corrected chi connectivity index (χ0v) is 18.2. The number of amides is 1. The standard InChI is InChI=1S/C24H22FN5OS/c25-17-7-5-16(6-8-17)20-9-10-21(32-20)24(31)30-13-11-29(12-14-30)15-22-27-19-4-2-1-3-18(19)23(26)28-22/h1-10H,11-15H2,(H2,26,27,28). The third-order valence-electron chi connectivity index (χ3n) is 5.65. The highest BCUT2D eigenvalue weighted by Crippen LogP contribution is 2.29. The van der Waals surface area contributed by atoms with Crippen molar-refractivity contribution in [3.63, 3.8) is 0 Å². The highest BCUT2D eigenvalue weighted by Gasteiger charge is 2.24. The summed E-state index contributed by atoms with van der Waals surface area (Å²) < 4.78 is 13.2. The van der Waals surface area contributed by atoms with E-state index in [1.807, 2.05) is 41.3 Å². The lowest BCUT2D eigenvalue weighted by Crippen LogP contribution is -2.48. The molecule has 1 aliphatic heterocycles. The van der Waals surface area contributed by atoms with Crippen LogP contribution in [-0.4, -0.2) is 51.9 Å². The maximum absolute atomic E-state index is 13.2. The molecule has 162 valence electrons. The van der Waals surface area contributed by atoms with Crippen LogP contribution >= 0.6 is 11.3 Å². The van der Waals surface area contributed by atoms with Crippen LogP contribution in [0.3, 0.4) is 0 Å². The summed E-state index contributed by atoms with van der Waals surface area (Å²) in [5, 5.41) is 0.864. The number of para-hydroxylation sites is 1. The van der Waals surface area contributed by atoms with Crippen molar-refractivity contribution < 1.29 is 9.18 Å². The van der Waals surface area contributed by atoms with E-state index in [0.29, 0.717) is 36.2 Å². The first-order valence-corrected chi connectivity index (χ1v) is 11.3. The fourth-order valence-corrected chi connectivity index (χ4v) is 4.89. The molecule has 3 heterocycles. The van der Waals surface area contributed by atoms with Gasteiger partial charge < -0.3 is 10.6 Å². The number of hydrogen-bond acceptors (Lipinski definition) is 6. The molecule has 2 aromatic carbocycles. The molecular weight excluding hydrogens is 425 g/mol. The van der Waals surface area contributed by atoms with Gasteiger partial charge in [-0.15, -0.1) is 11.3 Å². The number of aromatic nitrogens is 2. The molecule has 0 spiro atoms. The number of anilines is 1. The second-order valence-electron chi connectivity index (χ2n) is 7.78. The Morgan fingerprint density at radius 3 is 2.50 bits per heavy atom. The van der Waals surface area contributed by atoms with Crippen molar-refractivity contribution >= 4 is 34.0 Å². The number of rotatable bonds is 4. The molecule has 2 aromatic heterocycles. The number of hydrogen-bond donors (Lipinski definition) is 1. The molecule has 1 amide bonds. The first kappa shape index (κ1) is 20.5. The number of carbonyl (C=O) groups excluding carboxylic acids is 1. The number of thiophene rings is 1. The SMILES string of the molecule is Nc1nc(CN2CCN(C(=O)c3ccc(-c4ccc(F)cc4)s3)CC2)nc2ccccc12. The van der Waals surface area contributed by atoms with Gasteiger partial charge in [0.1, 0.15) is 17.5 Å². The Labute approximate surface area is 189 Å². The topological polar surface area (TPSA) is 75.3 Å². The van der Waals surface area contributed by atoms with Crippen LogP contribution in [0.25, 0.3) is 21.3 Å². The molecule has 0 saturated carbocycles. The van der Waals surface area contributed by atoms with E-state index in [4.69, 9.17) is 5.73 Å². The Balaban J connectivity index is 1.21. The Bertz CT molecular complexity index is 1270. The van der Waals surface area contributed by atoms with Crippen LogP contribution < -0.4 is 5.73 Å². The van der Waals surface area contributed by atoms with Crippen molar-refractivity contribution in [2.75, 3.05) is 31.9 Å². The number of nitrogens with zero attached hydrogens (tertiary/aromatic N) is 4. The Hall–Kier alpha value is -3.36. The van der Waals surface area contributed by atoms with Crippen LogP contribution in [0.2, 0.25) is 0 Å². The van der Waals surface area contributed by atoms with Gasteiger partial charge in [0, 0.05) is 36.4 Å². The quantitative estimate of drug-likeness (QED) is 0.511. The molecule has 1 aliphatic rings. The smallest absolute Gasteiger partial charge is 0.264 e. The van der Waals surface area contributed by atoms with Crippen LogP contribution in [0, 0.1) is 5.82 Å². The highest BCUT2D eigenvalue weighted by atomic mass is 32.1. The molecule has 0 bridgehead atoms. The van der Waals surface area contributed by atoms with Crippen molar-refractivity contribution in [1.82, 2.24) is 19.8 Å². The maximum Gasteiger partial charge on any atom is 0.264 e. The van der Waals surface area contributed by atoms with Gasteiger partial charge in [0.25, 0.3) is 5.91 Å². The third-order valence-corrected chi connectivity index (χ3v) is 6.77. The molecule has 8 heteroatoms. The van der Waals surface area contributed by atoms with E-state index >= 15 is 0 Å². The molecule has 32 heavy (non-hydrogen) atoms. The Morgan fingerprint density at radius 2 is 1.72 bits per heavy atom. The lowest BCUT2D eigenvalue weighted by atomic mass is 10.2. The molecule has 4 aromatic rings. The Morgan fingerprint density at radius 1 is 0.969 bits per heavy atom. The molecule has 1 saturated heterocycles. The number of piperazine rings is 1. The minimum absolute atomic E-state index is 0.0363. The normalized spacial score (nSPS) is 14.7. The fourth-order valence-electron chi connectivity index (χ4n) is 3.91. The average Bonchev–Trinajstić information content (AvgIpc) is 3.30. The number of nitrogen functional groups attached to an aromatic ring is 1. The number of benzene rings is 2. The molecule has 5 rings (SSSR count). The summed E-state index contributed by atoms with van der Waals surface area (Å²) >= 11 is 1.44. The summed E-state index contributed by atoms with van der Waals surface area (Å²) in [5.41, 5.74) is 7.86. The molecular formula is C24H22FN5OS. The lowest BCUT2D eigenvalue weighted by molar-refractivity contribution is 0.0630. The van der Waals surface area contributed by atoms with Crippen LogP contribution in [0.15, 0.2) is 60.7 Å². The molecule has 2 N–H and O–H groups in total. The van der Waals surface area contributed by atoms with Crippen LogP contribution in [0.4, 0.5) is 10.2 Å². The van der Waals surface area contributed by atoms with E-state index < -0.39 is 0 Å². The van der Waals surface area contributed by atoms with E-state index in [0.717, 1.165) is 34.4 Å². The monoisotopic (exact) mass is 447 g/mol. The minimum atomic E-state index is -0.267. The van der Waals surface area contributed by atoms with Crippen molar-refractivity contribution in [3.8, 4) is 10.4 Å². The second kappa shape index (κ2) is 8.64. The van der Waals surface area contributed by atoms with E-state index in [1.54, 1.807) is 12.1 Å².